The third-order valence-corrected chi connectivity index (χ3v) is 5.22. The summed E-state index contributed by atoms with van der Waals surface area (Å²) in [7, 11) is 1.70. The monoisotopic (exact) mass is 369 g/mol. The van der Waals surface area contributed by atoms with Gasteiger partial charge in [-0.15, -0.1) is 0 Å². The third kappa shape index (κ3) is 5.47. The van der Waals surface area contributed by atoms with Gasteiger partial charge >= 0.3 is 0 Å². The van der Waals surface area contributed by atoms with Gasteiger partial charge < -0.3 is 14.6 Å². The van der Waals surface area contributed by atoms with Crippen LogP contribution >= 0.6 is 0 Å². The summed E-state index contributed by atoms with van der Waals surface area (Å²) in [5, 5.41) is 9.64. The highest BCUT2D eigenvalue weighted by atomic mass is 16.5. The van der Waals surface area contributed by atoms with E-state index in [-0.39, 0.29) is 6.61 Å². The van der Waals surface area contributed by atoms with Crippen LogP contribution in [0.1, 0.15) is 36.5 Å². The smallest absolute Gasteiger partial charge is 0.124 e. The molecule has 3 rings (SSSR count). The second-order valence-corrected chi connectivity index (χ2v) is 7.39. The first kappa shape index (κ1) is 19.7. The molecule has 1 fully saturated rings. The first-order valence-corrected chi connectivity index (χ1v) is 9.92. The summed E-state index contributed by atoms with van der Waals surface area (Å²) in [6.45, 7) is 5.97. The van der Waals surface area contributed by atoms with Crippen LogP contribution in [0, 0.1) is 5.92 Å². The van der Waals surface area contributed by atoms with E-state index in [1.54, 1.807) is 7.11 Å². The second kappa shape index (κ2) is 9.77. The van der Waals surface area contributed by atoms with Gasteiger partial charge in [0.1, 0.15) is 11.5 Å². The molecule has 0 aliphatic carbocycles. The maximum absolute atomic E-state index is 9.64. The van der Waals surface area contributed by atoms with E-state index in [0.29, 0.717) is 12.5 Å². The van der Waals surface area contributed by atoms with Crippen LogP contribution in [-0.2, 0) is 19.6 Å². The number of nitrogens with zero attached hydrogens (tertiary/aromatic N) is 1. The van der Waals surface area contributed by atoms with Gasteiger partial charge in [-0.3, -0.25) is 4.90 Å². The van der Waals surface area contributed by atoms with Crippen molar-refractivity contribution < 1.29 is 14.6 Å². The Morgan fingerprint density at radius 1 is 1.11 bits per heavy atom. The third-order valence-electron chi connectivity index (χ3n) is 5.22. The molecule has 27 heavy (non-hydrogen) atoms. The zero-order chi connectivity index (χ0) is 19.1. The molecule has 1 aliphatic heterocycles. The molecule has 1 aliphatic rings. The number of likely N-dealkylation sites (tertiary alicyclic amines) is 1. The van der Waals surface area contributed by atoms with Crippen LogP contribution in [0.25, 0.3) is 0 Å². The lowest BCUT2D eigenvalue weighted by Crippen LogP contribution is -2.20. The molecular weight excluding hydrogens is 338 g/mol. The summed E-state index contributed by atoms with van der Waals surface area (Å²) in [5.41, 5.74) is 3.51. The van der Waals surface area contributed by atoms with Crippen LogP contribution in [0.4, 0.5) is 0 Å². The fourth-order valence-electron chi connectivity index (χ4n) is 3.78. The minimum atomic E-state index is 0.0208. The van der Waals surface area contributed by atoms with Crippen LogP contribution in [0.3, 0.4) is 0 Å². The maximum atomic E-state index is 9.64. The highest BCUT2D eigenvalue weighted by molar-refractivity contribution is 5.37. The standard InChI is InChI=1S/C23H31NO3/c1-3-12-27-23-9-6-19(14-21(23)17-25)15-24-11-10-20(16-24)13-18-4-7-22(26-2)8-5-18/h4-9,14,20,25H,3,10-13,15-17H2,1-2H3. The summed E-state index contributed by atoms with van der Waals surface area (Å²) in [5.74, 6) is 2.42. The molecule has 1 heterocycles. The number of hydrogen-bond acceptors (Lipinski definition) is 4. The Hall–Kier alpha value is -2.04. The second-order valence-electron chi connectivity index (χ2n) is 7.39. The first-order chi connectivity index (χ1) is 13.2. The minimum Gasteiger partial charge on any atom is -0.497 e. The quantitative estimate of drug-likeness (QED) is 0.724. The highest BCUT2D eigenvalue weighted by Crippen LogP contribution is 2.26. The van der Waals surface area contributed by atoms with Crippen LogP contribution < -0.4 is 9.47 Å². The van der Waals surface area contributed by atoms with Gasteiger partial charge in [0.15, 0.2) is 0 Å². The van der Waals surface area contributed by atoms with Crippen LogP contribution in [-0.4, -0.2) is 36.8 Å². The van der Waals surface area contributed by atoms with Gasteiger partial charge in [-0.05, 0) is 67.1 Å². The molecule has 1 saturated heterocycles. The van der Waals surface area contributed by atoms with Crippen molar-refractivity contribution >= 4 is 0 Å². The summed E-state index contributed by atoms with van der Waals surface area (Å²) >= 11 is 0. The van der Waals surface area contributed by atoms with Crippen molar-refractivity contribution in [2.24, 2.45) is 5.92 Å². The average Bonchev–Trinajstić information content (AvgIpc) is 3.14. The number of methoxy groups -OCH3 is 1. The largest absolute Gasteiger partial charge is 0.497 e. The van der Waals surface area contributed by atoms with Crippen molar-refractivity contribution in [2.75, 3.05) is 26.8 Å². The maximum Gasteiger partial charge on any atom is 0.124 e. The zero-order valence-electron chi connectivity index (χ0n) is 16.5. The highest BCUT2D eigenvalue weighted by Gasteiger charge is 2.23. The van der Waals surface area contributed by atoms with Crippen molar-refractivity contribution in [3.63, 3.8) is 0 Å². The molecular formula is C23H31NO3. The van der Waals surface area contributed by atoms with E-state index in [1.807, 2.05) is 18.2 Å². The molecule has 2 aromatic rings. The topological polar surface area (TPSA) is 41.9 Å². The van der Waals surface area contributed by atoms with Gasteiger partial charge in [-0.1, -0.05) is 25.1 Å². The summed E-state index contributed by atoms with van der Waals surface area (Å²) in [6.07, 6.45) is 3.32. The Morgan fingerprint density at radius 2 is 1.89 bits per heavy atom. The van der Waals surface area contributed by atoms with Gasteiger partial charge in [-0.2, -0.15) is 0 Å². The predicted molar refractivity (Wildman–Crippen MR) is 108 cm³/mol. The molecule has 0 radical (unpaired) electrons. The van der Waals surface area contributed by atoms with Gasteiger partial charge in [0.2, 0.25) is 0 Å². The van der Waals surface area contributed by atoms with E-state index in [0.717, 1.165) is 49.5 Å². The van der Waals surface area contributed by atoms with Crippen molar-refractivity contribution in [1.82, 2.24) is 4.90 Å². The Balaban J connectivity index is 1.54. The number of hydrogen-bond donors (Lipinski definition) is 1. The van der Waals surface area contributed by atoms with E-state index >= 15 is 0 Å². The lowest BCUT2D eigenvalue weighted by Gasteiger charge is -2.18. The fraction of sp³-hybridized carbons (Fsp3) is 0.478. The summed E-state index contributed by atoms with van der Waals surface area (Å²) in [4.78, 5) is 2.51. The molecule has 0 bridgehead atoms. The average molecular weight is 370 g/mol. The molecule has 4 nitrogen and oxygen atoms in total. The van der Waals surface area contributed by atoms with Crippen molar-refractivity contribution in [3.8, 4) is 11.5 Å². The number of benzene rings is 2. The number of ether oxygens (including phenoxy) is 2. The van der Waals surface area contributed by atoms with Gasteiger partial charge in [0, 0.05) is 18.7 Å². The predicted octanol–water partition coefficient (Wildman–Crippen LogP) is 4.04. The molecule has 2 aromatic carbocycles. The van der Waals surface area contributed by atoms with Crippen LogP contribution in [0.15, 0.2) is 42.5 Å². The number of aliphatic hydroxyl groups is 1. The van der Waals surface area contributed by atoms with Gasteiger partial charge in [0.05, 0.1) is 20.3 Å². The molecule has 1 atom stereocenters. The Kier molecular flexibility index (Phi) is 7.13. The molecule has 0 amide bonds. The first-order valence-electron chi connectivity index (χ1n) is 9.92. The fourth-order valence-corrected chi connectivity index (χ4v) is 3.78. The molecule has 0 aromatic heterocycles. The van der Waals surface area contributed by atoms with Crippen molar-refractivity contribution in [2.45, 2.75) is 39.3 Å². The van der Waals surface area contributed by atoms with Crippen LogP contribution in [0.5, 0.6) is 11.5 Å². The molecule has 1 N–H and O–H groups in total. The van der Waals surface area contributed by atoms with E-state index < -0.39 is 0 Å². The van der Waals surface area contributed by atoms with E-state index in [1.165, 1.54) is 17.5 Å². The van der Waals surface area contributed by atoms with Crippen molar-refractivity contribution in [3.05, 3.63) is 59.2 Å². The molecule has 0 saturated carbocycles. The summed E-state index contributed by atoms with van der Waals surface area (Å²) in [6, 6.07) is 14.6. The lowest BCUT2D eigenvalue weighted by atomic mass is 9.99. The van der Waals surface area contributed by atoms with Gasteiger partial charge in [-0.25, -0.2) is 0 Å². The van der Waals surface area contributed by atoms with E-state index in [9.17, 15) is 5.11 Å². The summed E-state index contributed by atoms with van der Waals surface area (Å²) < 4.78 is 11.0. The van der Waals surface area contributed by atoms with Crippen LogP contribution in [0.2, 0.25) is 0 Å². The Labute approximate surface area is 162 Å². The van der Waals surface area contributed by atoms with Gasteiger partial charge in [0.25, 0.3) is 0 Å². The molecule has 146 valence electrons. The van der Waals surface area contributed by atoms with E-state index in [4.69, 9.17) is 9.47 Å². The lowest BCUT2D eigenvalue weighted by molar-refractivity contribution is 0.262. The number of rotatable bonds is 9. The van der Waals surface area contributed by atoms with Crippen molar-refractivity contribution in [1.29, 1.82) is 0 Å². The SMILES string of the molecule is CCCOc1ccc(CN2CCC(Cc3ccc(OC)cc3)C2)cc1CO. The molecule has 1 unspecified atom stereocenters. The number of aliphatic hydroxyl groups excluding tert-OH is 1. The zero-order valence-corrected chi connectivity index (χ0v) is 16.5. The Morgan fingerprint density at radius 3 is 2.59 bits per heavy atom. The molecule has 0 spiro atoms. The minimum absolute atomic E-state index is 0.0208. The van der Waals surface area contributed by atoms with E-state index in [2.05, 4.69) is 36.1 Å². The molecule has 4 heteroatoms. The Bertz CT molecular complexity index is 714. The normalized spacial score (nSPS) is 17.2.